The number of nitrogens with zero attached hydrogens (tertiary/aromatic N) is 2. The van der Waals surface area contributed by atoms with Crippen LogP contribution in [0.2, 0.25) is 0 Å². The van der Waals surface area contributed by atoms with Crippen LogP contribution in [0.15, 0.2) is 35.4 Å². The number of β-amino-alcohol motifs (C(OH)–C–C–N with tert-alkyl or cyclic N) is 1. The molecule has 0 radical (unpaired) electrons. The van der Waals surface area contributed by atoms with Crippen molar-refractivity contribution in [2.24, 2.45) is 0 Å². The summed E-state index contributed by atoms with van der Waals surface area (Å²) in [6, 6.07) is 2.52. The Balaban J connectivity index is 1.90. The number of thiazole rings is 1. The van der Waals surface area contributed by atoms with Crippen LogP contribution in [0, 0.1) is 0 Å². The van der Waals surface area contributed by atoms with Crippen molar-refractivity contribution in [3.8, 4) is 0 Å². The van der Waals surface area contributed by atoms with Crippen LogP contribution in [0.1, 0.15) is 21.7 Å². The maximum Gasteiger partial charge on any atom is 0.501 e. The van der Waals surface area contributed by atoms with Gasteiger partial charge in [-0.15, -0.1) is 0 Å². The number of sulfone groups is 1. The number of carboxylic acids is 1. The third kappa shape index (κ3) is 3.97. The number of halogens is 3. The average molecular weight is 450 g/mol. The van der Waals surface area contributed by atoms with Gasteiger partial charge in [0.25, 0.3) is 9.84 Å². The van der Waals surface area contributed by atoms with Crippen LogP contribution in [0.5, 0.6) is 0 Å². The summed E-state index contributed by atoms with van der Waals surface area (Å²) in [4.78, 5) is 28.1. The highest BCUT2D eigenvalue weighted by Crippen LogP contribution is 2.33. The van der Waals surface area contributed by atoms with Crippen LogP contribution >= 0.6 is 11.3 Å². The fraction of sp³-hybridized carbons (Fsp3) is 0.312. The summed E-state index contributed by atoms with van der Waals surface area (Å²) in [5.74, 6) is -1.94. The number of rotatable bonds is 5. The predicted molar refractivity (Wildman–Crippen MR) is 94.6 cm³/mol. The zero-order valence-corrected chi connectivity index (χ0v) is 16.0. The van der Waals surface area contributed by atoms with Crippen molar-refractivity contribution >= 4 is 38.1 Å². The van der Waals surface area contributed by atoms with Crippen molar-refractivity contribution in [3.05, 3.63) is 40.9 Å². The molecule has 1 aromatic heterocycles. The molecule has 2 N–H and O–H groups in total. The molecule has 0 unspecified atom stereocenters. The van der Waals surface area contributed by atoms with Gasteiger partial charge in [0.15, 0.2) is 5.13 Å². The molecule has 0 amide bonds. The molecule has 1 saturated heterocycles. The second kappa shape index (κ2) is 7.39. The van der Waals surface area contributed by atoms with Crippen molar-refractivity contribution < 1.29 is 41.4 Å². The molecule has 13 heteroatoms. The second-order valence-corrected chi connectivity index (χ2v) is 9.16. The van der Waals surface area contributed by atoms with E-state index in [0.29, 0.717) is 6.07 Å². The molecule has 2 atom stereocenters. The number of ketones is 1. The summed E-state index contributed by atoms with van der Waals surface area (Å²) in [7, 11) is -5.61. The molecule has 1 aromatic carbocycles. The number of carboxylic acid groups (broad SMARTS) is 1. The lowest BCUT2D eigenvalue weighted by molar-refractivity contribution is -0.138. The molecule has 1 aliphatic rings. The molecule has 156 valence electrons. The van der Waals surface area contributed by atoms with Gasteiger partial charge in [-0.05, 0) is 12.1 Å². The summed E-state index contributed by atoms with van der Waals surface area (Å²) < 4.78 is 61.3. The molecule has 1 fully saturated rings. The van der Waals surface area contributed by atoms with E-state index in [-0.39, 0.29) is 28.5 Å². The van der Waals surface area contributed by atoms with Crippen molar-refractivity contribution in [1.29, 1.82) is 0 Å². The van der Waals surface area contributed by atoms with E-state index < -0.39 is 44.1 Å². The third-order valence-electron chi connectivity index (χ3n) is 4.24. The lowest BCUT2D eigenvalue weighted by Crippen LogP contribution is -2.35. The number of anilines is 1. The Morgan fingerprint density at radius 2 is 1.97 bits per heavy atom. The topological polar surface area (TPSA) is 125 Å². The second-order valence-electron chi connectivity index (χ2n) is 6.21. The molecule has 0 aliphatic carbocycles. The lowest BCUT2D eigenvalue weighted by atomic mass is 10.1. The summed E-state index contributed by atoms with van der Waals surface area (Å²) >= 11 is 0.794. The van der Waals surface area contributed by atoms with Crippen molar-refractivity contribution in [3.63, 3.8) is 0 Å². The largest absolute Gasteiger partial charge is 0.501 e. The highest BCUT2D eigenvalue weighted by molar-refractivity contribution is 7.92. The Kier molecular flexibility index (Phi) is 5.40. The molecule has 8 nitrogen and oxygen atoms in total. The van der Waals surface area contributed by atoms with E-state index in [9.17, 15) is 41.4 Å². The molecule has 0 saturated carbocycles. The SMILES string of the molecule is O=C(c1cccc(S(=O)(=O)C(F)(F)F)c1)c1cnc(N2C[C@@H](O)C[C@@H]2C(=O)O)s1. The summed E-state index contributed by atoms with van der Waals surface area (Å²) in [6.45, 7) is -0.00256. The van der Waals surface area contributed by atoms with Gasteiger partial charge >= 0.3 is 11.5 Å². The molecule has 29 heavy (non-hydrogen) atoms. The molecule has 1 aliphatic heterocycles. The number of benzene rings is 1. The van der Waals surface area contributed by atoms with Gasteiger partial charge in [0.1, 0.15) is 6.04 Å². The Hall–Kier alpha value is -2.51. The standard InChI is InChI=1S/C16H13F3N2O6S2/c17-16(18,19)29(26,27)10-3-1-2-8(4-10)13(23)12-6-20-15(28-12)21-7-9(22)5-11(21)14(24)25/h1-4,6,9,11,22H,5,7H2,(H,24,25)/t9-,11+/m0/s1. The highest BCUT2D eigenvalue weighted by Gasteiger charge is 2.47. The normalized spacial score (nSPS) is 20.1. The van der Waals surface area contributed by atoms with E-state index in [2.05, 4.69) is 4.98 Å². The fourth-order valence-electron chi connectivity index (χ4n) is 2.84. The fourth-order valence-corrected chi connectivity index (χ4v) is 4.59. The van der Waals surface area contributed by atoms with E-state index in [1.807, 2.05) is 0 Å². The van der Waals surface area contributed by atoms with Gasteiger partial charge in [-0.1, -0.05) is 23.5 Å². The number of aromatic nitrogens is 1. The van der Waals surface area contributed by atoms with Gasteiger partial charge in [-0.25, -0.2) is 18.2 Å². The van der Waals surface area contributed by atoms with Gasteiger partial charge in [0, 0.05) is 18.5 Å². The number of aliphatic carboxylic acids is 1. The Morgan fingerprint density at radius 3 is 2.59 bits per heavy atom. The Morgan fingerprint density at radius 1 is 1.28 bits per heavy atom. The van der Waals surface area contributed by atoms with Gasteiger partial charge < -0.3 is 15.1 Å². The van der Waals surface area contributed by atoms with E-state index >= 15 is 0 Å². The summed E-state index contributed by atoms with van der Waals surface area (Å²) in [6.07, 6.45) is 0.218. The molecule has 2 heterocycles. The maximum absolute atomic E-state index is 12.7. The monoisotopic (exact) mass is 450 g/mol. The third-order valence-corrected chi connectivity index (χ3v) is 6.76. The molecular formula is C16H13F3N2O6S2. The molecular weight excluding hydrogens is 437 g/mol. The quantitative estimate of drug-likeness (QED) is 0.660. The number of alkyl halides is 3. The number of aliphatic hydroxyl groups is 1. The van der Waals surface area contributed by atoms with Crippen LogP contribution in [0.25, 0.3) is 0 Å². The number of carbonyl (C=O) groups excluding carboxylic acids is 1. The highest BCUT2D eigenvalue weighted by atomic mass is 32.2. The van der Waals surface area contributed by atoms with Gasteiger partial charge in [0.05, 0.1) is 22.1 Å². The number of carbonyl (C=O) groups is 2. The Labute approximate surface area is 166 Å². The first-order valence-corrected chi connectivity index (χ1v) is 10.3. The van der Waals surface area contributed by atoms with E-state index in [1.165, 1.54) is 4.90 Å². The van der Waals surface area contributed by atoms with Crippen LogP contribution < -0.4 is 4.90 Å². The molecule has 0 spiro atoms. The van der Waals surface area contributed by atoms with Crippen LogP contribution in [-0.4, -0.2) is 59.6 Å². The predicted octanol–water partition coefficient (Wildman–Crippen LogP) is 1.69. The smallest absolute Gasteiger partial charge is 0.480 e. The summed E-state index contributed by atoms with van der Waals surface area (Å²) in [5, 5.41) is 19.1. The zero-order chi connectivity index (χ0) is 21.6. The van der Waals surface area contributed by atoms with Crippen LogP contribution in [-0.2, 0) is 14.6 Å². The van der Waals surface area contributed by atoms with Crippen molar-refractivity contribution in [2.75, 3.05) is 11.4 Å². The van der Waals surface area contributed by atoms with Gasteiger partial charge in [-0.2, -0.15) is 13.2 Å². The first-order chi connectivity index (χ1) is 13.4. The van der Waals surface area contributed by atoms with E-state index in [4.69, 9.17) is 0 Å². The number of hydrogen-bond donors (Lipinski definition) is 2. The van der Waals surface area contributed by atoms with Crippen LogP contribution in [0.3, 0.4) is 0 Å². The van der Waals surface area contributed by atoms with Crippen molar-refractivity contribution in [2.45, 2.75) is 29.0 Å². The number of aliphatic hydroxyl groups excluding tert-OH is 1. The number of hydrogen-bond acceptors (Lipinski definition) is 8. The maximum atomic E-state index is 12.7. The Bertz CT molecular complexity index is 1070. The zero-order valence-electron chi connectivity index (χ0n) is 14.3. The first kappa shape index (κ1) is 21.2. The van der Waals surface area contributed by atoms with Crippen molar-refractivity contribution in [1.82, 2.24) is 4.98 Å². The van der Waals surface area contributed by atoms with Crippen LogP contribution in [0.4, 0.5) is 18.3 Å². The minimum Gasteiger partial charge on any atom is -0.480 e. The lowest BCUT2D eigenvalue weighted by Gasteiger charge is -2.19. The van der Waals surface area contributed by atoms with E-state index in [0.717, 1.165) is 35.7 Å². The van der Waals surface area contributed by atoms with E-state index in [1.54, 1.807) is 0 Å². The van der Waals surface area contributed by atoms with Gasteiger partial charge in [0.2, 0.25) is 5.78 Å². The molecule has 0 bridgehead atoms. The average Bonchev–Trinajstić information content (AvgIpc) is 3.27. The summed E-state index contributed by atoms with van der Waals surface area (Å²) in [5.41, 5.74) is -5.80. The molecule has 2 aromatic rings. The molecule has 3 rings (SSSR count). The first-order valence-electron chi connectivity index (χ1n) is 8.01. The minimum atomic E-state index is -5.61. The van der Waals surface area contributed by atoms with Gasteiger partial charge in [-0.3, -0.25) is 4.79 Å². The minimum absolute atomic E-state index is 0.00256.